The summed E-state index contributed by atoms with van der Waals surface area (Å²) in [4.78, 5) is 26.0. The molecule has 2 rings (SSSR count). The van der Waals surface area contributed by atoms with E-state index in [-0.39, 0.29) is 17.7 Å². The van der Waals surface area contributed by atoms with Gasteiger partial charge in [0.15, 0.2) is 5.17 Å². The molecule has 5 nitrogen and oxygen atoms in total. The molecule has 0 aliphatic carbocycles. The minimum atomic E-state index is -0.308. The molecule has 8 heteroatoms. The van der Waals surface area contributed by atoms with Crippen LogP contribution >= 0.6 is 35.0 Å². The van der Waals surface area contributed by atoms with E-state index in [9.17, 15) is 9.59 Å². The number of carbonyl (C=O) groups is 2. The van der Waals surface area contributed by atoms with Gasteiger partial charge in [-0.05, 0) is 18.2 Å². The van der Waals surface area contributed by atoms with E-state index in [0.717, 1.165) is 0 Å². The molecule has 1 aliphatic rings. The van der Waals surface area contributed by atoms with Gasteiger partial charge < -0.3 is 10.6 Å². The SMILES string of the molecule is O=C1CSC(Nc2cc(NC(=O)CCl)ccc2Cl)=N1. The zero-order valence-corrected chi connectivity index (χ0v) is 11.9. The molecule has 0 aromatic heterocycles. The maximum atomic E-state index is 11.2. The van der Waals surface area contributed by atoms with Crippen molar-refractivity contribution in [3.63, 3.8) is 0 Å². The Kier molecular flexibility index (Phi) is 4.68. The van der Waals surface area contributed by atoms with Crippen molar-refractivity contribution in [2.24, 2.45) is 4.99 Å². The number of nitrogens with one attached hydrogen (secondary N) is 2. The number of hydrogen-bond donors (Lipinski definition) is 2. The monoisotopic (exact) mass is 317 g/mol. The van der Waals surface area contributed by atoms with Crippen LogP contribution in [0, 0.1) is 0 Å². The third-order valence-electron chi connectivity index (χ3n) is 2.17. The fraction of sp³-hybridized carbons (Fsp3) is 0.182. The van der Waals surface area contributed by atoms with Crippen molar-refractivity contribution in [3.05, 3.63) is 23.2 Å². The Bertz CT molecular complexity index is 563. The quantitative estimate of drug-likeness (QED) is 0.840. The number of aliphatic imine (C=N–C) groups is 1. The van der Waals surface area contributed by atoms with Crippen LogP contribution < -0.4 is 10.6 Å². The lowest BCUT2D eigenvalue weighted by molar-refractivity contribution is -0.115. The Labute approximate surface area is 123 Å². The van der Waals surface area contributed by atoms with Crippen molar-refractivity contribution in [1.82, 2.24) is 0 Å². The first-order valence-electron chi connectivity index (χ1n) is 5.25. The Morgan fingerprint density at radius 2 is 2.26 bits per heavy atom. The van der Waals surface area contributed by atoms with Gasteiger partial charge in [0.1, 0.15) is 5.88 Å². The number of amidine groups is 1. The van der Waals surface area contributed by atoms with Crippen LogP contribution in [0.1, 0.15) is 0 Å². The lowest BCUT2D eigenvalue weighted by atomic mass is 10.2. The average molecular weight is 318 g/mol. The predicted molar refractivity (Wildman–Crippen MR) is 79.3 cm³/mol. The molecule has 0 atom stereocenters. The fourth-order valence-electron chi connectivity index (χ4n) is 1.38. The normalized spacial score (nSPS) is 14.2. The molecule has 0 saturated carbocycles. The van der Waals surface area contributed by atoms with E-state index in [1.165, 1.54) is 11.8 Å². The summed E-state index contributed by atoms with van der Waals surface area (Å²) in [5.74, 6) is -0.293. The standard InChI is InChI=1S/C11H9Cl2N3O2S/c12-4-9(17)14-6-1-2-7(13)8(3-6)15-11-16-10(18)5-19-11/h1-3H,4-5H2,(H,14,17)(H,15,16,18). The number of rotatable bonds is 3. The van der Waals surface area contributed by atoms with Crippen molar-refractivity contribution in [1.29, 1.82) is 0 Å². The van der Waals surface area contributed by atoms with Crippen LogP contribution in [0.5, 0.6) is 0 Å². The minimum Gasteiger partial charge on any atom is -0.333 e. The van der Waals surface area contributed by atoms with Crippen LogP contribution in [0.2, 0.25) is 5.02 Å². The van der Waals surface area contributed by atoms with Crippen LogP contribution in [-0.4, -0.2) is 28.6 Å². The van der Waals surface area contributed by atoms with E-state index >= 15 is 0 Å². The lowest BCUT2D eigenvalue weighted by Gasteiger charge is -2.10. The van der Waals surface area contributed by atoms with Gasteiger partial charge in [-0.25, -0.2) is 0 Å². The molecule has 1 aromatic rings. The Morgan fingerprint density at radius 3 is 2.89 bits per heavy atom. The summed E-state index contributed by atoms with van der Waals surface area (Å²) in [5.41, 5.74) is 1.13. The second kappa shape index (κ2) is 6.27. The van der Waals surface area contributed by atoms with Crippen LogP contribution in [0.3, 0.4) is 0 Å². The summed E-state index contributed by atoms with van der Waals surface area (Å²) in [7, 11) is 0. The summed E-state index contributed by atoms with van der Waals surface area (Å²) in [6, 6.07) is 4.95. The molecule has 2 amide bonds. The number of halogens is 2. The number of amides is 2. The molecular formula is C11H9Cl2N3O2S. The van der Waals surface area contributed by atoms with E-state index in [2.05, 4.69) is 15.6 Å². The Balaban J connectivity index is 2.15. The largest absolute Gasteiger partial charge is 0.333 e. The van der Waals surface area contributed by atoms with Gasteiger partial charge in [0.2, 0.25) is 5.91 Å². The number of hydrogen-bond acceptors (Lipinski definition) is 4. The summed E-state index contributed by atoms with van der Waals surface area (Å²) >= 11 is 12.7. The second-order valence-electron chi connectivity index (χ2n) is 3.60. The van der Waals surface area contributed by atoms with Crippen molar-refractivity contribution >= 4 is 63.3 Å². The zero-order valence-electron chi connectivity index (χ0n) is 9.57. The molecule has 19 heavy (non-hydrogen) atoms. The number of benzene rings is 1. The molecule has 0 saturated heterocycles. The zero-order chi connectivity index (χ0) is 13.8. The van der Waals surface area contributed by atoms with E-state index < -0.39 is 0 Å². The van der Waals surface area contributed by atoms with Crippen LogP contribution in [-0.2, 0) is 9.59 Å². The molecule has 1 heterocycles. The summed E-state index contributed by atoms with van der Waals surface area (Å²) in [6.07, 6.45) is 0. The van der Waals surface area contributed by atoms with Crippen LogP contribution in [0.4, 0.5) is 11.4 Å². The highest BCUT2D eigenvalue weighted by atomic mass is 35.5. The van der Waals surface area contributed by atoms with E-state index in [0.29, 0.717) is 27.3 Å². The minimum absolute atomic E-state index is 0.123. The topological polar surface area (TPSA) is 70.6 Å². The highest BCUT2D eigenvalue weighted by Crippen LogP contribution is 2.27. The number of alkyl halides is 1. The van der Waals surface area contributed by atoms with E-state index in [1.807, 2.05) is 0 Å². The predicted octanol–water partition coefficient (Wildman–Crippen LogP) is 2.56. The first-order chi connectivity index (χ1) is 9.08. The van der Waals surface area contributed by atoms with Gasteiger partial charge in [-0.3, -0.25) is 9.59 Å². The van der Waals surface area contributed by atoms with Crippen molar-refractivity contribution in [2.45, 2.75) is 0 Å². The molecule has 0 fully saturated rings. The van der Waals surface area contributed by atoms with Gasteiger partial charge in [0.05, 0.1) is 16.5 Å². The Hall–Kier alpha value is -1.24. The molecule has 1 aromatic carbocycles. The molecule has 2 N–H and O–H groups in total. The molecule has 1 aliphatic heterocycles. The summed E-state index contributed by atoms with van der Waals surface area (Å²) in [5, 5.41) is 6.51. The lowest BCUT2D eigenvalue weighted by Crippen LogP contribution is -2.13. The first-order valence-corrected chi connectivity index (χ1v) is 7.15. The number of carbonyl (C=O) groups excluding carboxylic acids is 2. The number of thioether (sulfide) groups is 1. The van der Waals surface area contributed by atoms with Crippen molar-refractivity contribution in [3.8, 4) is 0 Å². The number of anilines is 2. The summed E-state index contributed by atoms with van der Waals surface area (Å²) in [6.45, 7) is 0. The molecule has 0 spiro atoms. The third kappa shape index (κ3) is 3.86. The van der Waals surface area contributed by atoms with Crippen molar-refractivity contribution in [2.75, 3.05) is 22.3 Å². The van der Waals surface area contributed by atoms with Gasteiger partial charge in [0, 0.05) is 5.69 Å². The maximum absolute atomic E-state index is 11.2. The maximum Gasteiger partial charge on any atom is 0.258 e. The third-order valence-corrected chi connectivity index (χ3v) is 3.60. The molecule has 0 bridgehead atoms. The Morgan fingerprint density at radius 1 is 1.47 bits per heavy atom. The highest BCUT2D eigenvalue weighted by Gasteiger charge is 2.16. The molecule has 0 radical (unpaired) electrons. The van der Waals surface area contributed by atoms with Crippen molar-refractivity contribution < 1.29 is 9.59 Å². The van der Waals surface area contributed by atoms with Gasteiger partial charge in [0.25, 0.3) is 5.91 Å². The van der Waals surface area contributed by atoms with Gasteiger partial charge >= 0.3 is 0 Å². The smallest absolute Gasteiger partial charge is 0.258 e. The molecule has 100 valence electrons. The molecule has 0 unspecified atom stereocenters. The van der Waals surface area contributed by atoms with Gasteiger partial charge in [-0.15, -0.1) is 11.6 Å². The highest BCUT2D eigenvalue weighted by molar-refractivity contribution is 8.15. The first kappa shape index (κ1) is 14.2. The van der Waals surface area contributed by atoms with E-state index in [1.54, 1.807) is 18.2 Å². The average Bonchev–Trinajstić information content (AvgIpc) is 2.79. The molecular weight excluding hydrogens is 309 g/mol. The second-order valence-corrected chi connectivity index (χ2v) is 5.24. The van der Waals surface area contributed by atoms with Gasteiger partial charge in [-0.2, -0.15) is 4.99 Å². The summed E-state index contributed by atoms with van der Waals surface area (Å²) < 4.78 is 0. The van der Waals surface area contributed by atoms with Gasteiger partial charge in [-0.1, -0.05) is 23.4 Å². The van der Waals surface area contributed by atoms with Crippen LogP contribution in [0.25, 0.3) is 0 Å². The fourth-order valence-corrected chi connectivity index (χ4v) is 2.29. The van der Waals surface area contributed by atoms with Crippen LogP contribution in [0.15, 0.2) is 23.2 Å². The number of nitrogens with zero attached hydrogens (tertiary/aromatic N) is 1. The van der Waals surface area contributed by atoms with E-state index in [4.69, 9.17) is 23.2 Å².